The molecular weight excluding hydrogens is 481 g/mol. The summed E-state index contributed by atoms with van der Waals surface area (Å²) >= 11 is 0. The zero-order valence-electron chi connectivity index (χ0n) is 17.7. The molecule has 0 aromatic heterocycles. The van der Waals surface area contributed by atoms with Crippen molar-refractivity contribution in [3.8, 4) is 5.75 Å². The average molecular weight is 513 g/mol. The Balaban J connectivity index is 0.00000420. The minimum Gasteiger partial charge on any atom is -0.491 e. The fourth-order valence-corrected chi connectivity index (χ4v) is 2.68. The minimum atomic E-state index is 0. The van der Waals surface area contributed by atoms with Gasteiger partial charge in [-0.3, -0.25) is 4.99 Å². The van der Waals surface area contributed by atoms with Gasteiger partial charge >= 0.3 is 0 Å². The Morgan fingerprint density at radius 1 is 0.897 bits per heavy atom. The van der Waals surface area contributed by atoms with Crippen molar-refractivity contribution in [2.45, 2.75) is 26.6 Å². The number of nitrogens with one attached hydrogen (secondary N) is 2. The Morgan fingerprint density at radius 2 is 1.59 bits per heavy atom. The molecule has 0 saturated heterocycles. The molecule has 2 rings (SSSR count). The van der Waals surface area contributed by atoms with E-state index in [1.54, 1.807) is 21.3 Å². The van der Waals surface area contributed by atoms with Gasteiger partial charge in [0.2, 0.25) is 0 Å². The lowest BCUT2D eigenvalue weighted by molar-refractivity contribution is 0.145. The van der Waals surface area contributed by atoms with Crippen LogP contribution < -0.4 is 15.4 Å². The molecule has 7 heteroatoms. The summed E-state index contributed by atoms with van der Waals surface area (Å²) in [6.45, 7) is 5.08. The predicted octanol–water partition coefficient (Wildman–Crippen LogP) is 3.65. The molecule has 0 aliphatic carbocycles. The van der Waals surface area contributed by atoms with Crippen LogP contribution in [0.4, 0.5) is 0 Å². The van der Waals surface area contributed by atoms with E-state index in [4.69, 9.17) is 14.2 Å². The van der Waals surface area contributed by atoms with Crippen LogP contribution in [0.25, 0.3) is 0 Å². The molecule has 0 amide bonds. The Morgan fingerprint density at radius 3 is 2.24 bits per heavy atom. The van der Waals surface area contributed by atoms with E-state index in [-0.39, 0.29) is 24.0 Å². The molecular formula is C22H32IN3O3. The van der Waals surface area contributed by atoms with Crippen LogP contribution in [0.15, 0.2) is 47.5 Å². The Labute approximate surface area is 191 Å². The van der Waals surface area contributed by atoms with Crippen LogP contribution in [0.1, 0.15) is 22.3 Å². The summed E-state index contributed by atoms with van der Waals surface area (Å²) in [6.07, 6.45) is 0. The number of aliphatic imine (C=N–C) groups is 1. The largest absolute Gasteiger partial charge is 0.491 e. The number of halogens is 1. The molecule has 160 valence electrons. The summed E-state index contributed by atoms with van der Waals surface area (Å²) < 4.78 is 16.1. The number of nitrogens with zero attached hydrogens (tertiary/aromatic N) is 1. The molecule has 29 heavy (non-hydrogen) atoms. The number of rotatable bonds is 10. The Kier molecular flexibility index (Phi) is 12.3. The number of methoxy groups -OCH3 is 2. The van der Waals surface area contributed by atoms with Crippen molar-refractivity contribution in [2.24, 2.45) is 4.99 Å². The summed E-state index contributed by atoms with van der Waals surface area (Å²) in [5.74, 6) is 1.61. The highest BCUT2D eigenvalue weighted by Gasteiger charge is 2.06. The molecule has 0 heterocycles. The summed E-state index contributed by atoms with van der Waals surface area (Å²) in [6, 6.07) is 14.5. The lowest BCUT2D eigenvalue weighted by atomic mass is 10.1. The van der Waals surface area contributed by atoms with Gasteiger partial charge in [-0.25, -0.2) is 0 Å². The maximum absolute atomic E-state index is 5.85. The number of aryl methyl sites for hydroxylation is 1. The summed E-state index contributed by atoms with van der Waals surface area (Å²) in [5.41, 5.74) is 4.58. The van der Waals surface area contributed by atoms with E-state index in [2.05, 4.69) is 58.9 Å². The van der Waals surface area contributed by atoms with Crippen LogP contribution in [-0.2, 0) is 29.2 Å². The zero-order chi connectivity index (χ0) is 20.2. The molecule has 2 aromatic rings. The molecule has 0 fully saturated rings. The van der Waals surface area contributed by atoms with E-state index in [0.717, 1.165) is 28.4 Å². The molecule has 0 saturated carbocycles. The maximum atomic E-state index is 5.85. The monoisotopic (exact) mass is 513 g/mol. The van der Waals surface area contributed by atoms with E-state index in [0.29, 0.717) is 32.9 Å². The highest BCUT2D eigenvalue weighted by molar-refractivity contribution is 14.0. The van der Waals surface area contributed by atoms with Crippen molar-refractivity contribution in [1.82, 2.24) is 10.6 Å². The van der Waals surface area contributed by atoms with Crippen LogP contribution in [-0.4, -0.2) is 40.4 Å². The van der Waals surface area contributed by atoms with Gasteiger partial charge in [0, 0.05) is 39.9 Å². The van der Waals surface area contributed by atoms with E-state index in [9.17, 15) is 0 Å². The third-order valence-electron chi connectivity index (χ3n) is 4.23. The van der Waals surface area contributed by atoms with Gasteiger partial charge in [0.1, 0.15) is 12.4 Å². The van der Waals surface area contributed by atoms with Crippen molar-refractivity contribution in [2.75, 3.05) is 34.5 Å². The SMILES string of the molecule is CN=C(NCc1ccc(COC)cc1)NCc1ccc(C)cc1OCCOC.I. The second kappa shape index (κ2) is 14.2. The van der Waals surface area contributed by atoms with E-state index in [1.165, 1.54) is 5.56 Å². The molecule has 2 aromatic carbocycles. The third-order valence-corrected chi connectivity index (χ3v) is 4.23. The Hall–Kier alpha value is -1.84. The number of hydrogen-bond acceptors (Lipinski definition) is 4. The number of guanidine groups is 1. The number of benzene rings is 2. The highest BCUT2D eigenvalue weighted by atomic mass is 127. The van der Waals surface area contributed by atoms with Crippen molar-refractivity contribution in [1.29, 1.82) is 0 Å². The van der Waals surface area contributed by atoms with Crippen LogP contribution in [0.5, 0.6) is 5.75 Å². The fourth-order valence-electron chi connectivity index (χ4n) is 2.68. The van der Waals surface area contributed by atoms with Crippen LogP contribution >= 0.6 is 24.0 Å². The van der Waals surface area contributed by atoms with Crippen molar-refractivity contribution < 1.29 is 14.2 Å². The number of ether oxygens (including phenoxy) is 3. The summed E-state index contributed by atoms with van der Waals surface area (Å²) in [5, 5.41) is 6.68. The van der Waals surface area contributed by atoms with Gasteiger partial charge in [-0.1, -0.05) is 36.4 Å². The van der Waals surface area contributed by atoms with Gasteiger partial charge in [0.05, 0.1) is 13.2 Å². The quantitative estimate of drug-likeness (QED) is 0.220. The molecule has 2 N–H and O–H groups in total. The van der Waals surface area contributed by atoms with Gasteiger partial charge in [0.25, 0.3) is 0 Å². The first-order chi connectivity index (χ1) is 13.7. The minimum absolute atomic E-state index is 0. The highest BCUT2D eigenvalue weighted by Crippen LogP contribution is 2.20. The molecule has 6 nitrogen and oxygen atoms in total. The molecule has 0 bridgehead atoms. The topological polar surface area (TPSA) is 64.1 Å². The fraction of sp³-hybridized carbons (Fsp3) is 0.409. The van der Waals surface area contributed by atoms with Crippen molar-refractivity contribution in [3.63, 3.8) is 0 Å². The Bertz CT molecular complexity index is 751. The zero-order valence-corrected chi connectivity index (χ0v) is 20.0. The van der Waals surface area contributed by atoms with E-state index in [1.807, 2.05) is 6.07 Å². The van der Waals surface area contributed by atoms with Gasteiger partial charge in [-0.15, -0.1) is 24.0 Å². The van der Waals surface area contributed by atoms with Gasteiger partial charge in [-0.05, 0) is 29.7 Å². The molecule has 0 spiro atoms. The van der Waals surface area contributed by atoms with Gasteiger partial charge < -0.3 is 24.8 Å². The maximum Gasteiger partial charge on any atom is 0.191 e. The predicted molar refractivity (Wildman–Crippen MR) is 128 cm³/mol. The second-order valence-electron chi connectivity index (χ2n) is 6.48. The molecule has 0 radical (unpaired) electrons. The first-order valence-corrected chi connectivity index (χ1v) is 9.38. The normalized spacial score (nSPS) is 11.0. The standard InChI is InChI=1S/C22H31N3O3.HI/c1-17-5-10-20(21(13-17)28-12-11-26-3)15-25-22(23-2)24-14-18-6-8-19(9-7-18)16-27-4;/h5-10,13H,11-12,14-16H2,1-4H3,(H2,23,24,25);1H. The van der Waals surface area contributed by atoms with Crippen LogP contribution in [0, 0.1) is 6.92 Å². The number of hydrogen-bond donors (Lipinski definition) is 2. The van der Waals surface area contributed by atoms with E-state index < -0.39 is 0 Å². The average Bonchev–Trinajstić information content (AvgIpc) is 2.71. The van der Waals surface area contributed by atoms with Gasteiger partial charge in [0.15, 0.2) is 5.96 Å². The molecule has 0 aliphatic rings. The van der Waals surface area contributed by atoms with Gasteiger partial charge in [-0.2, -0.15) is 0 Å². The van der Waals surface area contributed by atoms with Crippen LogP contribution in [0.3, 0.4) is 0 Å². The first kappa shape index (κ1) is 25.2. The van der Waals surface area contributed by atoms with E-state index >= 15 is 0 Å². The molecule has 0 atom stereocenters. The smallest absolute Gasteiger partial charge is 0.191 e. The summed E-state index contributed by atoms with van der Waals surface area (Å²) in [7, 11) is 5.14. The lowest BCUT2D eigenvalue weighted by Crippen LogP contribution is -2.36. The summed E-state index contributed by atoms with van der Waals surface area (Å²) in [4.78, 5) is 4.30. The third kappa shape index (κ3) is 9.01. The second-order valence-corrected chi connectivity index (χ2v) is 6.48. The van der Waals surface area contributed by atoms with Crippen LogP contribution in [0.2, 0.25) is 0 Å². The first-order valence-electron chi connectivity index (χ1n) is 9.38. The van der Waals surface area contributed by atoms with Crippen molar-refractivity contribution in [3.05, 3.63) is 64.7 Å². The molecule has 0 aliphatic heterocycles. The molecule has 0 unspecified atom stereocenters. The lowest BCUT2D eigenvalue weighted by Gasteiger charge is -2.15. The van der Waals surface area contributed by atoms with Crippen molar-refractivity contribution >= 4 is 29.9 Å².